The maximum absolute atomic E-state index is 12.2. The zero-order valence-corrected chi connectivity index (χ0v) is 13.2. The van der Waals surface area contributed by atoms with E-state index in [1.807, 2.05) is 36.4 Å². The molecule has 3 aromatic rings. The van der Waals surface area contributed by atoms with Crippen LogP contribution in [-0.2, 0) is 6.54 Å². The van der Waals surface area contributed by atoms with E-state index in [2.05, 4.69) is 41.2 Å². The fourth-order valence-electron chi connectivity index (χ4n) is 2.23. The van der Waals surface area contributed by atoms with Gasteiger partial charge in [0, 0.05) is 12.1 Å². The third-order valence-corrected chi connectivity index (χ3v) is 4.26. The lowest BCUT2D eigenvalue weighted by Crippen LogP contribution is -2.22. The first-order valence-electron chi connectivity index (χ1n) is 7.19. The molecule has 2 aromatic carbocycles. The zero-order valence-electron chi connectivity index (χ0n) is 12.4. The van der Waals surface area contributed by atoms with Crippen LogP contribution >= 0.6 is 11.3 Å². The highest BCUT2D eigenvalue weighted by Gasteiger charge is 2.06. The van der Waals surface area contributed by atoms with Crippen LogP contribution in [0.2, 0.25) is 0 Å². The predicted octanol–water partition coefficient (Wildman–Crippen LogP) is 4.65. The van der Waals surface area contributed by atoms with Crippen molar-refractivity contribution < 1.29 is 4.79 Å². The van der Waals surface area contributed by atoms with Crippen molar-refractivity contribution in [2.75, 3.05) is 0 Å². The molecule has 0 atom stereocenters. The van der Waals surface area contributed by atoms with E-state index in [0.29, 0.717) is 12.1 Å². The van der Waals surface area contributed by atoms with Crippen LogP contribution in [0.5, 0.6) is 0 Å². The molecule has 0 radical (unpaired) electrons. The Labute approximate surface area is 134 Å². The standard InChI is InChI=1S/C19H17NOS/c1-14-2-4-15(5-3-14)12-20-19(21)17-8-6-16(7-9-17)18-10-11-22-13-18/h2-11,13H,12H2,1H3,(H,20,21). The van der Waals surface area contributed by atoms with E-state index >= 15 is 0 Å². The summed E-state index contributed by atoms with van der Waals surface area (Å²) >= 11 is 1.67. The number of carbonyl (C=O) groups excluding carboxylic acids is 1. The van der Waals surface area contributed by atoms with Gasteiger partial charge in [0.1, 0.15) is 0 Å². The first-order chi connectivity index (χ1) is 10.7. The third kappa shape index (κ3) is 3.43. The van der Waals surface area contributed by atoms with Crippen LogP contribution in [0.4, 0.5) is 0 Å². The number of amides is 1. The number of rotatable bonds is 4. The monoisotopic (exact) mass is 307 g/mol. The maximum atomic E-state index is 12.2. The number of aryl methyl sites for hydroxylation is 1. The van der Waals surface area contributed by atoms with Gasteiger partial charge >= 0.3 is 0 Å². The molecule has 1 amide bonds. The summed E-state index contributed by atoms with van der Waals surface area (Å²) in [5.41, 5.74) is 5.34. The van der Waals surface area contributed by atoms with Gasteiger partial charge < -0.3 is 5.32 Å². The van der Waals surface area contributed by atoms with Crippen LogP contribution < -0.4 is 5.32 Å². The highest BCUT2D eigenvalue weighted by Crippen LogP contribution is 2.22. The van der Waals surface area contributed by atoms with Crippen molar-refractivity contribution in [1.29, 1.82) is 0 Å². The minimum atomic E-state index is -0.0440. The van der Waals surface area contributed by atoms with Gasteiger partial charge in [-0.3, -0.25) is 4.79 Å². The number of carbonyl (C=O) groups is 1. The Balaban J connectivity index is 1.63. The first kappa shape index (κ1) is 14.5. The largest absolute Gasteiger partial charge is 0.348 e. The Bertz CT molecular complexity index is 743. The van der Waals surface area contributed by atoms with Crippen molar-refractivity contribution in [2.45, 2.75) is 13.5 Å². The Morgan fingerprint density at radius 2 is 1.68 bits per heavy atom. The summed E-state index contributed by atoms with van der Waals surface area (Å²) in [6.07, 6.45) is 0. The Morgan fingerprint density at radius 1 is 0.955 bits per heavy atom. The van der Waals surface area contributed by atoms with Gasteiger partial charge in [-0.05, 0) is 52.6 Å². The number of benzene rings is 2. The van der Waals surface area contributed by atoms with Gasteiger partial charge in [-0.25, -0.2) is 0 Å². The molecule has 3 heteroatoms. The summed E-state index contributed by atoms with van der Waals surface area (Å²) < 4.78 is 0. The molecule has 0 saturated carbocycles. The van der Waals surface area contributed by atoms with Crippen LogP contribution in [0.1, 0.15) is 21.5 Å². The van der Waals surface area contributed by atoms with Gasteiger partial charge in [0.05, 0.1) is 0 Å². The fourth-order valence-corrected chi connectivity index (χ4v) is 2.90. The van der Waals surface area contributed by atoms with E-state index < -0.39 is 0 Å². The fraction of sp³-hybridized carbons (Fsp3) is 0.105. The topological polar surface area (TPSA) is 29.1 Å². The highest BCUT2D eigenvalue weighted by atomic mass is 32.1. The van der Waals surface area contributed by atoms with Crippen molar-refractivity contribution in [3.8, 4) is 11.1 Å². The van der Waals surface area contributed by atoms with E-state index in [1.54, 1.807) is 11.3 Å². The van der Waals surface area contributed by atoms with E-state index in [-0.39, 0.29) is 5.91 Å². The molecule has 0 aliphatic heterocycles. The van der Waals surface area contributed by atoms with Gasteiger partial charge in [-0.15, -0.1) is 0 Å². The summed E-state index contributed by atoms with van der Waals surface area (Å²) in [6.45, 7) is 2.60. The van der Waals surface area contributed by atoms with Crippen LogP contribution in [0.25, 0.3) is 11.1 Å². The molecule has 22 heavy (non-hydrogen) atoms. The highest BCUT2D eigenvalue weighted by molar-refractivity contribution is 7.08. The molecule has 0 aliphatic rings. The summed E-state index contributed by atoms with van der Waals surface area (Å²) in [5, 5.41) is 7.11. The van der Waals surface area contributed by atoms with E-state index in [1.165, 1.54) is 11.1 Å². The van der Waals surface area contributed by atoms with Crippen molar-refractivity contribution in [1.82, 2.24) is 5.32 Å². The lowest BCUT2D eigenvalue weighted by molar-refractivity contribution is 0.0951. The number of hydrogen-bond acceptors (Lipinski definition) is 2. The van der Waals surface area contributed by atoms with E-state index in [4.69, 9.17) is 0 Å². The zero-order chi connectivity index (χ0) is 15.4. The van der Waals surface area contributed by atoms with Crippen molar-refractivity contribution in [3.05, 3.63) is 82.0 Å². The lowest BCUT2D eigenvalue weighted by Gasteiger charge is -2.06. The van der Waals surface area contributed by atoms with Gasteiger partial charge in [0.15, 0.2) is 0 Å². The third-order valence-electron chi connectivity index (χ3n) is 3.58. The molecule has 0 aliphatic carbocycles. The average Bonchev–Trinajstić information content (AvgIpc) is 3.09. The predicted molar refractivity (Wildman–Crippen MR) is 92.1 cm³/mol. The van der Waals surface area contributed by atoms with Crippen molar-refractivity contribution >= 4 is 17.2 Å². The quantitative estimate of drug-likeness (QED) is 0.746. The van der Waals surface area contributed by atoms with Gasteiger partial charge in [0.25, 0.3) is 5.91 Å². The molecular weight excluding hydrogens is 290 g/mol. The summed E-state index contributed by atoms with van der Waals surface area (Å²) in [5.74, 6) is -0.0440. The number of nitrogens with one attached hydrogen (secondary N) is 1. The molecule has 1 N–H and O–H groups in total. The molecular formula is C19H17NOS. The second-order valence-electron chi connectivity index (χ2n) is 5.26. The Morgan fingerprint density at radius 3 is 2.32 bits per heavy atom. The molecule has 2 nitrogen and oxygen atoms in total. The molecule has 0 spiro atoms. The lowest BCUT2D eigenvalue weighted by atomic mass is 10.1. The Kier molecular flexibility index (Phi) is 4.35. The van der Waals surface area contributed by atoms with Gasteiger partial charge in [-0.1, -0.05) is 42.0 Å². The van der Waals surface area contributed by atoms with Gasteiger partial charge in [-0.2, -0.15) is 11.3 Å². The second kappa shape index (κ2) is 6.58. The van der Waals surface area contributed by atoms with E-state index in [0.717, 1.165) is 11.1 Å². The maximum Gasteiger partial charge on any atom is 0.251 e. The SMILES string of the molecule is Cc1ccc(CNC(=O)c2ccc(-c3ccsc3)cc2)cc1. The molecule has 0 saturated heterocycles. The van der Waals surface area contributed by atoms with Crippen LogP contribution in [-0.4, -0.2) is 5.91 Å². The smallest absolute Gasteiger partial charge is 0.251 e. The van der Waals surface area contributed by atoms with Crippen LogP contribution in [0, 0.1) is 6.92 Å². The molecule has 1 heterocycles. The number of thiophene rings is 1. The first-order valence-corrected chi connectivity index (χ1v) is 8.13. The minimum Gasteiger partial charge on any atom is -0.348 e. The summed E-state index contributed by atoms with van der Waals surface area (Å²) in [6, 6.07) is 18.0. The number of hydrogen-bond donors (Lipinski definition) is 1. The molecule has 1 aromatic heterocycles. The molecule has 0 bridgehead atoms. The van der Waals surface area contributed by atoms with Gasteiger partial charge in [0.2, 0.25) is 0 Å². The molecule has 0 fully saturated rings. The minimum absolute atomic E-state index is 0.0440. The molecule has 110 valence electrons. The average molecular weight is 307 g/mol. The normalized spacial score (nSPS) is 10.4. The van der Waals surface area contributed by atoms with Crippen LogP contribution in [0.15, 0.2) is 65.4 Å². The van der Waals surface area contributed by atoms with E-state index in [9.17, 15) is 4.79 Å². The van der Waals surface area contributed by atoms with Crippen LogP contribution in [0.3, 0.4) is 0 Å². The summed E-state index contributed by atoms with van der Waals surface area (Å²) in [7, 11) is 0. The summed E-state index contributed by atoms with van der Waals surface area (Å²) in [4.78, 5) is 12.2. The second-order valence-corrected chi connectivity index (χ2v) is 6.04. The Hall–Kier alpha value is -2.39. The van der Waals surface area contributed by atoms with Crippen molar-refractivity contribution in [2.24, 2.45) is 0 Å². The van der Waals surface area contributed by atoms with Crippen molar-refractivity contribution in [3.63, 3.8) is 0 Å². The molecule has 3 rings (SSSR count). The molecule has 0 unspecified atom stereocenters.